The minimum atomic E-state index is -0.343. The van der Waals surface area contributed by atoms with Crippen molar-refractivity contribution in [1.29, 1.82) is 5.26 Å². The van der Waals surface area contributed by atoms with Crippen LogP contribution >= 0.6 is 34.7 Å². The second-order valence-electron chi connectivity index (χ2n) is 5.65. The Morgan fingerprint density at radius 2 is 2.04 bits per heavy atom. The quantitative estimate of drug-likeness (QED) is 0.449. The summed E-state index contributed by atoms with van der Waals surface area (Å²) < 4.78 is 5.53. The van der Waals surface area contributed by atoms with Gasteiger partial charge in [0.05, 0.1) is 16.2 Å². The Morgan fingerprint density at radius 3 is 2.68 bits per heavy atom. The fourth-order valence-electron chi connectivity index (χ4n) is 2.34. The van der Waals surface area contributed by atoms with Crippen LogP contribution in [0.5, 0.6) is 0 Å². The second kappa shape index (κ2) is 8.56. The first-order valence-electron chi connectivity index (χ1n) is 7.95. The highest BCUT2D eigenvalue weighted by Crippen LogP contribution is 2.33. The molecule has 0 bridgehead atoms. The van der Waals surface area contributed by atoms with E-state index < -0.39 is 0 Å². The summed E-state index contributed by atoms with van der Waals surface area (Å²) in [7, 11) is 0. The van der Waals surface area contributed by atoms with E-state index in [1.165, 1.54) is 6.92 Å². The summed E-state index contributed by atoms with van der Waals surface area (Å²) in [5.41, 5.74) is 1.60. The number of nitrogens with one attached hydrogen (secondary N) is 1. The molecule has 2 heterocycles. The van der Waals surface area contributed by atoms with E-state index in [4.69, 9.17) is 16.0 Å². The lowest BCUT2D eigenvalue weighted by atomic mass is 10.1. The van der Waals surface area contributed by atoms with Gasteiger partial charge in [0, 0.05) is 10.6 Å². The third kappa shape index (κ3) is 4.42. The molecule has 0 spiro atoms. The van der Waals surface area contributed by atoms with Gasteiger partial charge >= 0.3 is 0 Å². The van der Waals surface area contributed by atoms with E-state index >= 15 is 0 Å². The molecule has 10 heteroatoms. The van der Waals surface area contributed by atoms with Crippen molar-refractivity contribution in [2.75, 3.05) is 11.1 Å². The molecule has 0 atom stereocenters. The average molecular weight is 433 g/mol. The van der Waals surface area contributed by atoms with Gasteiger partial charge in [-0.1, -0.05) is 23.4 Å². The average Bonchev–Trinajstić information content (AvgIpc) is 3.25. The van der Waals surface area contributed by atoms with Crippen LogP contribution in [0.2, 0.25) is 5.02 Å². The van der Waals surface area contributed by atoms with Gasteiger partial charge in [-0.3, -0.25) is 9.59 Å². The van der Waals surface area contributed by atoms with Crippen LogP contribution in [0.1, 0.15) is 27.7 Å². The van der Waals surface area contributed by atoms with Gasteiger partial charge in [-0.15, -0.1) is 21.5 Å². The van der Waals surface area contributed by atoms with Crippen LogP contribution in [0.4, 0.5) is 5.00 Å². The van der Waals surface area contributed by atoms with Gasteiger partial charge in [0.1, 0.15) is 11.1 Å². The normalized spacial score (nSPS) is 10.5. The number of halogens is 1. The molecule has 142 valence electrons. The molecule has 3 rings (SSSR count). The number of thiophene rings is 1. The summed E-state index contributed by atoms with van der Waals surface area (Å²) in [5.74, 6) is -0.149. The molecule has 0 radical (unpaired) electrons. The van der Waals surface area contributed by atoms with Gasteiger partial charge in [0.15, 0.2) is 5.78 Å². The number of thioether (sulfide) groups is 1. The first kappa shape index (κ1) is 20.1. The SMILES string of the molecule is CC(=O)c1sc(NC(=O)CSc2nnc(-c3ccc(Cl)cc3)o2)c(C#N)c1C. The number of carbonyl (C=O) groups excluding carboxylic acids is 2. The first-order chi connectivity index (χ1) is 13.4. The molecule has 0 fully saturated rings. The number of rotatable bonds is 6. The third-order valence-corrected chi connectivity index (χ3v) is 6.03. The van der Waals surface area contributed by atoms with Gasteiger partial charge in [-0.25, -0.2) is 0 Å². The molecule has 7 nitrogen and oxygen atoms in total. The summed E-state index contributed by atoms with van der Waals surface area (Å²) in [6.45, 7) is 3.11. The molecule has 0 saturated carbocycles. The summed E-state index contributed by atoms with van der Waals surface area (Å²) in [5, 5.41) is 21.0. The zero-order chi connectivity index (χ0) is 20.3. The maximum absolute atomic E-state index is 12.2. The molecule has 0 unspecified atom stereocenters. The predicted octanol–water partition coefficient (Wildman–Crippen LogP) is 4.57. The van der Waals surface area contributed by atoms with Crippen molar-refractivity contribution >= 4 is 51.4 Å². The van der Waals surface area contributed by atoms with Crippen molar-refractivity contribution in [1.82, 2.24) is 10.2 Å². The van der Waals surface area contributed by atoms with Gasteiger partial charge in [-0.05, 0) is 43.7 Å². The van der Waals surface area contributed by atoms with Crippen molar-refractivity contribution < 1.29 is 14.0 Å². The van der Waals surface area contributed by atoms with Crippen molar-refractivity contribution in [3.05, 3.63) is 45.3 Å². The lowest BCUT2D eigenvalue weighted by molar-refractivity contribution is -0.113. The van der Waals surface area contributed by atoms with E-state index in [-0.39, 0.29) is 22.7 Å². The molecular weight excluding hydrogens is 420 g/mol. The fourth-order valence-corrected chi connectivity index (χ4v) is 4.10. The van der Waals surface area contributed by atoms with E-state index in [1.54, 1.807) is 31.2 Å². The molecule has 2 aromatic heterocycles. The Kier molecular flexibility index (Phi) is 6.14. The van der Waals surface area contributed by atoms with E-state index in [0.717, 1.165) is 28.7 Å². The number of anilines is 1. The molecule has 28 heavy (non-hydrogen) atoms. The first-order valence-corrected chi connectivity index (χ1v) is 10.1. The zero-order valence-corrected chi connectivity index (χ0v) is 17.2. The number of carbonyl (C=O) groups is 2. The topological polar surface area (TPSA) is 109 Å². The molecule has 1 amide bonds. The highest BCUT2D eigenvalue weighted by molar-refractivity contribution is 7.99. The van der Waals surface area contributed by atoms with Crippen molar-refractivity contribution in [2.24, 2.45) is 0 Å². The lowest BCUT2D eigenvalue weighted by Crippen LogP contribution is -2.13. The largest absolute Gasteiger partial charge is 0.411 e. The molecular formula is C18H13ClN4O3S2. The fraction of sp³-hybridized carbons (Fsp3) is 0.167. The predicted molar refractivity (Wildman–Crippen MR) is 108 cm³/mol. The van der Waals surface area contributed by atoms with Gasteiger partial charge in [0.25, 0.3) is 5.22 Å². The maximum atomic E-state index is 12.2. The number of benzene rings is 1. The van der Waals surface area contributed by atoms with Crippen LogP contribution in [-0.4, -0.2) is 27.6 Å². The number of aromatic nitrogens is 2. The Balaban J connectivity index is 1.64. The summed E-state index contributed by atoms with van der Waals surface area (Å²) in [4.78, 5) is 24.3. The highest BCUT2D eigenvalue weighted by Gasteiger charge is 2.19. The summed E-state index contributed by atoms with van der Waals surface area (Å²) in [6, 6.07) is 8.97. The molecule has 1 N–H and O–H groups in total. The van der Waals surface area contributed by atoms with Crippen LogP contribution < -0.4 is 5.32 Å². The Morgan fingerprint density at radius 1 is 1.32 bits per heavy atom. The maximum Gasteiger partial charge on any atom is 0.277 e. The Labute approximate surface area is 173 Å². The summed E-state index contributed by atoms with van der Waals surface area (Å²) in [6.07, 6.45) is 0. The van der Waals surface area contributed by atoms with Crippen LogP contribution in [-0.2, 0) is 4.79 Å². The van der Waals surface area contributed by atoms with Gasteiger partial charge in [0.2, 0.25) is 11.8 Å². The smallest absolute Gasteiger partial charge is 0.277 e. The number of ketones is 1. The van der Waals surface area contributed by atoms with Crippen LogP contribution in [0, 0.1) is 18.3 Å². The number of hydrogen-bond donors (Lipinski definition) is 1. The lowest BCUT2D eigenvalue weighted by Gasteiger charge is -2.01. The highest BCUT2D eigenvalue weighted by atomic mass is 35.5. The third-order valence-electron chi connectivity index (χ3n) is 3.66. The number of Topliss-reactive ketones (excluding diaryl/α,β-unsaturated/α-hetero) is 1. The van der Waals surface area contributed by atoms with E-state index in [1.807, 2.05) is 6.07 Å². The van der Waals surface area contributed by atoms with Gasteiger partial charge in [-0.2, -0.15) is 5.26 Å². The van der Waals surface area contributed by atoms with Crippen LogP contribution in [0.25, 0.3) is 11.5 Å². The minimum Gasteiger partial charge on any atom is -0.411 e. The Hall–Kier alpha value is -2.67. The van der Waals surface area contributed by atoms with Crippen LogP contribution in [0.15, 0.2) is 33.9 Å². The Bertz CT molecular complexity index is 1080. The molecule has 0 aliphatic carbocycles. The van der Waals surface area contributed by atoms with E-state index in [9.17, 15) is 14.9 Å². The molecule has 3 aromatic rings. The van der Waals surface area contributed by atoms with Crippen LogP contribution in [0.3, 0.4) is 0 Å². The molecule has 0 aliphatic heterocycles. The number of nitriles is 1. The van der Waals surface area contributed by atoms with Gasteiger partial charge < -0.3 is 9.73 Å². The molecule has 0 aliphatic rings. The number of hydrogen-bond acceptors (Lipinski definition) is 8. The van der Waals surface area contributed by atoms with Crippen molar-refractivity contribution in [3.8, 4) is 17.5 Å². The summed E-state index contributed by atoms with van der Waals surface area (Å²) >= 11 is 8.02. The minimum absolute atomic E-state index is 0.0134. The van der Waals surface area contributed by atoms with E-state index in [2.05, 4.69) is 15.5 Å². The second-order valence-corrected chi connectivity index (χ2v) is 8.03. The van der Waals surface area contributed by atoms with Crippen molar-refractivity contribution in [2.45, 2.75) is 19.1 Å². The van der Waals surface area contributed by atoms with E-state index in [0.29, 0.717) is 31.9 Å². The zero-order valence-electron chi connectivity index (χ0n) is 14.8. The number of amides is 1. The monoisotopic (exact) mass is 432 g/mol. The molecule has 0 saturated heterocycles. The van der Waals surface area contributed by atoms with Crippen molar-refractivity contribution in [3.63, 3.8) is 0 Å². The number of nitrogens with zero attached hydrogens (tertiary/aromatic N) is 3. The standard InChI is InChI=1S/C18H13ClN4O3S2/c1-9-13(7-20)17(28-15(9)10(2)24)21-14(25)8-27-18-23-22-16(26-18)11-3-5-12(19)6-4-11/h3-6H,8H2,1-2H3,(H,21,25). The molecule has 1 aromatic carbocycles.